The summed E-state index contributed by atoms with van der Waals surface area (Å²) >= 11 is 3.55. The van der Waals surface area contributed by atoms with Crippen LogP contribution in [0.1, 0.15) is 28.1 Å². The van der Waals surface area contributed by atoms with E-state index in [0.29, 0.717) is 6.54 Å². The lowest BCUT2D eigenvalue weighted by atomic mass is 10.0. The molecule has 0 aliphatic rings. The minimum Gasteiger partial charge on any atom is -0.378 e. The molecule has 3 nitrogen and oxygen atoms in total. The van der Waals surface area contributed by atoms with Gasteiger partial charge in [0.25, 0.3) is 0 Å². The van der Waals surface area contributed by atoms with Crippen molar-refractivity contribution in [3.05, 3.63) is 62.8 Å². The van der Waals surface area contributed by atoms with E-state index in [9.17, 15) is 4.39 Å². The van der Waals surface area contributed by atoms with Gasteiger partial charge in [0.05, 0.1) is 11.4 Å². The lowest BCUT2D eigenvalue weighted by Crippen LogP contribution is -2.06. The SMILES string of the molecule is Cc1cc(F)cc(C)c1CNc1cc(Br)cn2c(C)c(C)nc12. The van der Waals surface area contributed by atoms with E-state index >= 15 is 0 Å². The standard InChI is InChI=1S/C18H19BrFN3/c1-10-5-15(20)6-11(2)16(10)8-21-17-7-14(19)9-23-13(4)12(3)22-18(17)23/h5-7,9,21H,8H2,1-4H3. The molecular weight excluding hydrogens is 357 g/mol. The Balaban J connectivity index is 1.98. The van der Waals surface area contributed by atoms with E-state index in [1.165, 1.54) is 0 Å². The number of benzene rings is 1. The Morgan fingerprint density at radius 1 is 1.13 bits per heavy atom. The number of pyridine rings is 1. The molecule has 3 aromatic rings. The predicted octanol–water partition coefficient (Wildman–Crippen LogP) is 5.08. The summed E-state index contributed by atoms with van der Waals surface area (Å²) in [7, 11) is 0. The van der Waals surface area contributed by atoms with Crippen LogP contribution in [0.15, 0.2) is 28.9 Å². The second kappa shape index (κ2) is 5.96. The summed E-state index contributed by atoms with van der Waals surface area (Å²) in [6.07, 6.45) is 2.02. The summed E-state index contributed by atoms with van der Waals surface area (Å²) in [4.78, 5) is 4.64. The number of rotatable bonds is 3. The molecule has 5 heteroatoms. The van der Waals surface area contributed by atoms with Gasteiger partial charge in [0.1, 0.15) is 5.82 Å². The number of nitrogens with zero attached hydrogens (tertiary/aromatic N) is 2. The molecule has 0 aliphatic heterocycles. The highest BCUT2D eigenvalue weighted by Gasteiger charge is 2.11. The van der Waals surface area contributed by atoms with Crippen LogP contribution < -0.4 is 5.32 Å². The zero-order valence-electron chi connectivity index (χ0n) is 13.7. The summed E-state index contributed by atoms with van der Waals surface area (Å²) in [6, 6.07) is 5.17. The molecule has 0 saturated carbocycles. The van der Waals surface area contributed by atoms with Crippen LogP contribution in [-0.4, -0.2) is 9.38 Å². The topological polar surface area (TPSA) is 29.3 Å². The highest BCUT2D eigenvalue weighted by molar-refractivity contribution is 9.10. The van der Waals surface area contributed by atoms with Gasteiger partial charge in [0, 0.05) is 22.9 Å². The van der Waals surface area contributed by atoms with Crippen molar-refractivity contribution in [2.45, 2.75) is 34.2 Å². The second-order valence-corrected chi connectivity index (χ2v) is 6.84. The molecule has 3 rings (SSSR count). The van der Waals surface area contributed by atoms with Crippen molar-refractivity contribution in [2.24, 2.45) is 0 Å². The van der Waals surface area contributed by atoms with Crippen LogP contribution in [0.3, 0.4) is 0 Å². The van der Waals surface area contributed by atoms with E-state index in [2.05, 4.69) is 37.6 Å². The van der Waals surface area contributed by atoms with Crippen molar-refractivity contribution in [3.63, 3.8) is 0 Å². The highest BCUT2D eigenvalue weighted by Crippen LogP contribution is 2.26. The summed E-state index contributed by atoms with van der Waals surface area (Å²) in [5, 5.41) is 3.45. The van der Waals surface area contributed by atoms with Crippen molar-refractivity contribution in [1.82, 2.24) is 9.38 Å². The van der Waals surface area contributed by atoms with Gasteiger partial charge < -0.3 is 9.72 Å². The molecular formula is C18H19BrFN3. The van der Waals surface area contributed by atoms with Crippen LogP contribution in [0.25, 0.3) is 5.65 Å². The Morgan fingerprint density at radius 3 is 2.43 bits per heavy atom. The van der Waals surface area contributed by atoms with Crippen LogP contribution >= 0.6 is 15.9 Å². The number of fused-ring (bicyclic) bond motifs is 1. The van der Waals surface area contributed by atoms with Crippen LogP contribution in [-0.2, 0) is 6.54 Å². The fourth-order valence-electron chi connectivity index (χ4n) is 2.87. The summed E-state index contributed by atoms with van der Waals surface area (Å²) < 4.78 is 16.5. The van der Waals surface area contributed by atoms with Gasteiger partial charge in [0.2, 0.25) is 0 Å². The van der Waals surface area contributed by atoms with E-state index in [1.54, 1.807) is 12.1 Å². The van der Waals surface area contributed by atoms with Gasteiger partial charge in [-0.2, -0.15) is 0 Å². The van der Waals surface area contributed by atoms with Crippen molar-refractivity contribution in [1.29, 1.82) is 0 Å². The molecule has 0 saturated heterocycles. The minimum absolute atomic E-state index is 0.187. The van der Waals surface area contributed by atoms with Crippen LogP contribution in [0.5, 0.6) is 0 Å². The third kappa shape index (κ3) is 2.98. The van der Waals surface area contributed by atoms with Gasteiger partial charge >= 0.3 is 0 Å². The highest BCUT2D eigenvalue weighted by atomic mass is 79.9. The van der Waals surface area contributed by atoms with Gasteiger partial charge in [0.15, 0.2) is 5.65 Å². The number of halogens is 2. The molecule has 2 heterocycles. The molecule has 120 valence electrons. The third-order valence-electron chi connectivity index (χ3n) is 4.28. The Hall–Kier alpha value is -1.88. The maximum atomic E-state index is 13.4. The van der Waals surface area contributed by atoms with E-state index in [1.807, 2.05) is 33.0 Å². The summed E-state index contributed by atoms with van der Waals surface area (Å²) in [6.45, 7) is 8.57. The predicted molar refractivity (Wildman–Crippen MR) is 95.6 cm³/mol. The van der Waals surface area contributed by atoms with E-state index < -0.39 is 0 Å². The number of anilines is 1. The molecule has 1 aromatic carbocycles. The molecule has 0 fully saturated rings. The van der Waals surface area contributed by atoms with Crippen molar-refractivity contribution >= 4 is 27.3 Å². The van der Waals surface area contributed by atoms with Gasteiger partial charge in [-0.25, -0.2) is 9.37 Å². The maximum Gasteiger partial charge on any atom is 0.160 e. The molecule has 0 radical (unpaired) electrons. The summed E-state index contributed by atoms with van der Waals surface area (Å²) in [5.41, 5.74) is 7.02. The minimum atomic E-state index is -0.187. The maximum absolute atomic E-state index is 13.4. The normalized spacial score (nSPS) is 11.2. The first-order valence-electron chi connectivity index (χ1n) is 7.51. The number of hydrogen-bond acceptors (Lipinski definition) is 2. The van der Waals surface area contributed by atoms with Crippen molar-refractivity contribution in [3.8, 4) is 0 Å². The van der Waals surface area contributed by atoms with Crippen molar-refractivity contribution < 1.29 is 4.39 Å². The molecule has 0 bridgehead atoms. The van der Waals surface area contributed by atoms with Crippen LogP contribution in [0.4, 0.5) is 10.1 Å². The average Bonchev–Trinajstić information content (AvgIpc) is 2.74. The Morgan fingerprint density at radius 2 is 1.78 bits per heavy atom. The monoisotopic (exact) mass is 375 g/mol. The second-order valence-electron chi connectivity index (χ2n) is 5.92. The lowest BCUT2D eigenvalue weighted by molar-refractivity contribution is 0.624. The smallest absolute Gasteiger partial charge is 0.160 e. The molecule has 23 heavy (non-hydrogen) atoms. The zero-order valence-corrected chi connectivity index (χ0v) is 15.3. The first-order valence-corrected chi connectivity index (χ1v) is 8.30. The average molecular weight is 376 g/mol. The molecule has 0 unspecified atom stereocenters. The largest absolute Gasteiger partial charge is 0.378 e. The van der Waals surface area contributed by atoms with Gasteiger partial charge in [-0.05, 0) is 78.5 Å². The van der Waals surface area contributed by atoms with E-state index in [4.69, 9.17) is 0 Å². The number of nitrogens with one attached hydrogen (secondary N) is 1. The van der Waals surface area contributed by atoms with Gasteiger partial charge in [-0.3, -0.25) is 0 Å². The third-order valence-corrected chi connectivity index (χ3v) is 4.71. The molecule has 1 N–H and O–H groups in total. The van der Waals surface area contributed by atoms with E-state index in [-0.39, 0.29) is 5.82 Å². The van der Waals surface area contributed by atoms with Gasteiger partial charge in [-0.1, -0.05) is 0 Å². The first-order chi connectivity index (χ1) is 10.9. The fourth-order valence-corrected chi connectivity index (χ4v) is 3.30. The number of aryl methyl sites for hydroxylation is 4. The fraction of sp³-hybridized carbons (Fsp3) is 0.278. The van der Waals surface area contributed by atoms with Crippen molar-refractivity contribution in [2.75, 3.05) is 5.32 Å². The Kier molecular flexibility index (Phi) is 4.15. The molecule has 2 aromatic heterocycles. The Labute approximate surface area is 143 Å². The molecule has 0 atom stereocenters. The lowest BCUT2D eigenvalue weighted by Gasteiger charge is -2.13. The quantitative estimate of drug-likeness (QED) is 0.691. The molecule has 0 spiro atoms. The number of aromatic nitrogens is 2. The van der Waals surface area contributed by atoms with Crippen LogP contribution in [0.2, 0.25) is 0 Å². The summed E-state index contributed by atoms with van der Waals surface area (Å²) in [5.74, 6) is -0.187. The number of hydrogen-bond donors (Lipinski definition) is 1. The Bertz CT molecular complexity index is 876. The van der Waals surface area contributed by atoms with Gasteiger partial charge in [-0.15, -0.1) is 0 Å². The molecule has 0 aliphatic carbocycles. The number of imidazole rings is 1. The first kappa shape index (κ1) is 16.0. The zero-order chi connectivity index (χ0) is 16.7. The molecule has 0 amide bonds. The van der Waals surface area contributed by atoms with Crippen LogP contribution in [0, 0.1) is 33.5 Å². The van der Waals surface area contributed by atoms with E-state index in [0.717, 1.165) is 43.9 Å².